The summed E-state index contributed by atoms with van der Waals surface area (Å²) in [4.78, 5) is 2.21. The van der Waals surface area contributed by atoms with E-state index in [4.69, 9.17) is 21.1 Å². The van der Waals surface area contributed by atoms with E-state index in [2.05, 4.69) is 11.0 Å². The second kappa shape index (κ2) is 5.28. The molecule has 0 saturated carbocycles. The first-order chi connectivity index (χ1) is 9.29. The highest BCUT2D eigenvalue weighted by Gasteiger charge is 2.26. The fourth-order valence-corrected chi connectivity index (χ4v) is 2.96. The Morgan fingerprint density at radius 1 is 1.21 bits per heavy atom. The molecule has 5 heteroatoms. The van der Waals surface area contributed by atoms with Gasteiger partial charge in [-0.3, -0.25) is 4.90 Å². The molecule has 0 aliphatic carbocycles. The smallest absolute Gasteiger partial charge is 0.231 e. The molecular formula is C14H15ClN2O2. The molecule has 0 N–H and O–H groups in total. The van der Waals surface area contributed by atoms with Crippen molar-refractivity contribution >= 4 is 11.6 Å². The van der Waals surface area contributed by atoms with Gasteiger partial charge in [0.15, 0.2) is 11.5 Å². The van der Waals surface area contributed by atoms with E-state index >= 15 is 0 Å². The van der Waals surface area contributed by atoms with Crippen LogP contribution < -0.4 is 9.47 Å². The van der Waals surface area contributed by atoms with Crippen LogP contribution in [0.25, 0.3) is 0 Å². The summed E-state index contributed by atoms with van der Waals surface area (Å²) < 4.78 is 10.7. The molecule has 0 aromatic heterocycles. The molecule has 1 aromatic rings. The summed E-state index contributed by atoms with van der Waals surface area (Å²) in [5.41, 5.74) is 0.888. The van der Waals surface area contributed by atoms with Gasteiger partial charge in [0.1, 0.15) is 6.04 Å². The van der Waals surface area contributed by atoms with E-state index in [0.717, 1.165) is 31.5 Å². The van der Waals surface area contributed by atoms with Gasteiger partial charge in [-0.15, -0.1) is 0 Å². The van der Waals surface area contributed by atoms with E-state index in [-0.39, 0.29) is 12.8 Å². The normalized spacial score (nSPS) is 20.0. The van der Waals surface area contributed by atoms with E-state index in [0.29, 0.717) is 16.5 Å². The molecule has 0 radical (unpaired) electrons. The minimum Gasteiger partial charge on any atom is -0.454 e. The number of likely N-dealkylation sites (tertiary alicyclic amines) is 1. The Morgan fingerprint density at radius 3 is 2.74 bits per heavy atom. The van der Waals surface area contributed by atoms with Crippen molar-refractivity contribution < 1.29 is 9.47 Å². The molecule has 19 heavy (non-hydrogen) atoms. The van der Waals surface area contributed by atoms with Crippen LogP contribution in [0.3, 0.4) is 0 Å². The highest BCUT2D eigenvalue weighted by atomic mass is 35.5. The van der Waals surface area contributed by atoms with Crippen LogP contribution >= 0.6 is 11.6 Å². The molecule has 1 atom stereocenters. The lowest BCUT2D eigenvalue weighted by Crippen LogP contribution is -2.33. The van der Waals surface area contributed by atoms with Gasteiger partial charge in [-0.25, -0.2) is 0 Å². The van der Waals surface area contributed by atoms with Gasteiger partial charge in [0.25, 0.3) is 0 Å². The molecule has 1 fully saturated rings. The summed E-state index contributed by atoms with van der Waals surface area (Å²) in [5, 5.41) is 9.98. The van der Waals surface area contributed by atoms with E-state index in [1.807, 2.05) is 12.1 Å². The summed E-state index contributed by atoms with van der Waals surface area (Å²) in [5.74, 6) is 1.22. The van der Waals surface area contributed by atoms with Crippen molar-refractivity contribution in [1.82, 2.24) is 4.90 Å². The molecule has 0 amide bonds. The van der Waals surface area contributed by atoms with Crippen molar-refractivity contribution in [2.24, 2.45) is 0 Å². The molecule has 1 saturated heterocycles. The van der Waals surface area contributed by atoms with Crippen molar-refractivity contribution in [3.63, 3.8) is 0 Å². The van der Waals surface area contributed by atoms with Gasteiger partial charge in [-0.05, 0) is 43.6 Å². The number of nitrogens with zero attached hydrogens (tertiary/aromatic N) is 2. The van der Waals surface area contributed by atoms with E-state index in [1.165, 1.54) is 6.42 Å². The highest BCUT2D eigenvalue weighted by Crippen LogP contribution is 2.41. The summed E-state index contributed by atoms with van der Waals surface area (Å²) in [6.07, 6.45) is 3.55. The third kappa shape index (κ3) is 2.36. The highest BCUT2D eigenvalue weighted by molar-refractivity contribution is 6.32. The lowest BCUT2D eigenvalue weighted by atomic mass is 10.0. The minimum atomic E-state index is -0.257. The van der Waals surface area contributed by atoms with E-state index < -0.39 is 0 Å². The Kier molecular flexibility index (Phi) is 3.50. The van der Waals surface area contributed by atoms with E-state index in [1.54, 1.807) is 0 Å². The predicted octanol–water partition coefficient (Wildman–Crippen LogP) is 3.12. The maximum absolute atomic E-state index is 9.46. The van der Waals surface area contributed by atoms with Crippen molar-refractivity contribution in [1.29, 1.82) is 5.26 Å². The average Bonchev–Trinajstić information content (AvgIpc) is 2.90. The second-order valence-electron chi connectivity index (χ2n) is 4.86. The first-order valence-corrected chi connectivity index (χ1v) is 6.90. The Labute approximate surface area is 117 Å². The molecule has 4 nitrogen and oxygen atoms in total. The van der Waals surface area contributed by atoms with Gasteiger partial charge in [-0.2, -0.15) is 5.26 Å². The molecular weight excluding hydrogens is 264 g/mol. The quantitative estimate of drug-likeness (QED) is 0.834. The molecule has 0 spiro atoms. The van der Waals surface area contributed by atoms with Crippen LogP contribution in [0, 0.1) is 11.3 Å². The first kappa shape index (κ1) is 12.6. The van der Waals surface area contributed by atoms with Crippen LogP contribution in [0.1, 0.15) is 30.9 Å². The van der Waals surface area contributed by atoms with Crippen molar-refractivity contribution in [3.05, 3.63) is 22.7 Å². The Balaban J connectivity index is 1.91. The standard InChI is InChI=1S/C14H15ClN2O2/c15-11-6-10(7-13-14(11)19-9-18-13)12(8-16)17-4-2-1-3-5-17/h6-7,12H,1-5,9H2. The molecule has 2 aliphatic heterocycles. The number of benzene rings is 1. The zero-order valence-electron chi connectivity index (χ0n) is 10.6. The average molecular weight is 279 g/mol. The number of hydrogen-bond donors (Lipinski definition) is 0. The summed E-state index contributed by atoms with van der Waals surface area (Å²) >= 11 is 6.18. The van der Waals surface area contributed by atoms with Gasteiger partial charge in [-0.1, -0.05) is 18.0 Å². The number of piperidine rings is 1. The topological polar surface area (TPSA) is 45.5 Å². The number of halogens is 1. The van der Waals surface area contributed by atoms with Crippen molar-refractivity contribution in [2.75, 3.05) is 19.9 Å². The molecule has 2 heterocycles. The number of fused-ring (bicyclic) bond motifs is 1. The number of rotatable bonds is 2. The minimum absolute atomic E-state index is 0.194. The zero-order chi connectivity index (χ0) is 13.2. The number of nitriles is 1. The zero-order valence-corrected chi connectivity index (χ0v) is 11.3. The van der Waals surface area contributed by atoms with Crippen molar-refractivity contribution in [2.45, 2.75) is 25.3 Å². The summed E-state index contributed by atoms with van der Waals surface area (Å²) in [7, 11) is 0. The van der Waals surface area contributed by atoms with Gasteiger partial charge in [0, 0.05) is 0 Å². The molecule has 100 valence electrons. The molecule has 2 aliphatic rings. The fraction of sp³-hybridized carbons (Fsp3) is 0.500. The molecule has 1 unspecified atom stereocenters. The molecule has 0 bridgehead atoms. The van der Waals surface area contributed by atoms with Crippen LogP contribution in [-0.4, -0.2) is 24.8 Å². The Hall–Kier alpha value is -1.44. The van der Waals surface area contributed by atoms with Crippen LogP contribution in [0.5, 0.6) is 11.5 Å². The Morgan fingerprint density at radius 2 is 2.00 bits per heavy atom. The lowest BCUT2D eigenvalue weighted by molar-refractivity contribution is 0.173. The van der Waals surface area contributed by atoms with Gasteiger partial charge in [0.05, 0.1) is 11.1 Å². The van der Waals surface area contributed by atoms with Gasteiger partial charge in [0.2, 0.25) is 6.79 Å². The second-order valence-corrected chi connectivity index (χ2v) is 5.27. The monoisotopic (exact) mass is 278 g/mol. The maximum Gasteiger partial charge on any atom is 0.231 e. The number of hydrogen-bond acceptors (Lipinski definition) is 4. The fourth-order valence-electron chi connectivity index (χ4n) is 2.69. The summed E-state index contributed by atoms with van der Waals surface area (Å²) in [6.45, 7) is 2.12. The predicted molar refractivity (Wildman–Crippen MR) is 71.4 cm³/mol. The van der Waals surface area contributed by atoms with Crippen LogP contribution in [0.2, 0.25) is 5.02 Å². The first-order valence-electron chi connectivity index (χ1n) is 6.52. The largest absolute Gasteiger partial charge is 0.454 e. The third-order valence-corrected chi connectivity index (χ3v) is 3.92. The van der Waals surface area contributed by atoms with Gasteiger partial charge >= 0.3 is 0 Å². The SMILES string of the molecule is N#CC(c1cc(Cl)c2c(c1)OCO2)N1CCCCC1. The van der Waals surface area contributed by atoms with Crippen molar-refractivity contribution in [3.8, 4) is 17.6 Å². The van der Waals surface area contributed by atoms with Crippen LogP contribution in [0.4, 0.5) is 0 Å². The van der Waals surface area contributed by atoms with Gasteiger partial charge < -0.3 is 9.47 Å². The van der Waals surface area contributed by atoms with Crippen LogP contribution in [0.15, 0.2) is 12.1 Å². The molecule has 3 rings (SSSR count). The number of ether oxygens (including phenoxy) is 2. The maximum atomic E-state index is 9.46. The lowest BCUT2D eigenvalue weighted by Gasteiger charge is -2.30. The van der Waals surface area contributed by atoms with E-state index in [9.17, 15) is 5.26 Å². The summed E-state index contributed by atoms with van der Waals surface area (Å²) in [6, 6.07) is 5.81. The molecule has 1 aromatic carbocycles. The van der Waals surface area contributed by atoms with Crippen LogP contribution in [-0.2, 0) is 0 Å². The third-order valence-electron chi connectivity index (χ3n) is 3.64. The Bertz CT molecular complexity index is 521.